The van der Waals surface area contributed by atoms with Crippen LogP contribution in [0.15, 0.2) is 42.5 Å². The van der Waals surface area contributed by atoms with E-state index in [2.05, 4.69) is 61.2 Å². The van der Waals surface area contributed by atoms with Gasteiger partial charge in [-0.05, 0) is 56.1 Å². The van der Waals surface area contributed by atoms with Crippen molar-refractivity contribution in [3.8, 4) is 5.75 Å². The highest BCUT2D eigenvalue weighted by Crippen LogP contribution is 2.20. The first-order valence-corrected chi connectivity index (χ1v) is 8.70. The lowest BCUT2D eigenvalue weighted by atomic mass is 10.1. The minimum absolute atomic E-state index is 0.354. The fraction of sp³-hybridized carbons (Fsp3) is 0.500. The third-order valence-electron chi connectivity index (χ3n) is 4.35. The van der Waals surface area contributed by atoms with Gasteiger partial charge in [0.1, 0.15) is 5.75 Å². The van der Waals surface area contributed by atoms with Crippen molar-refractivity contribution in [3.63, 3.8) is 0 Å². The quantitative estimate of drug-likeness (QED) is 0.749. The second-order valence-electron chi connectivity index (χ2n) is 6.58. The molecule has 3 rings (SSSR count). The summed E-state index contributed by atoms with van der Waals surface area (Å²) in [6.45, 7) is 8.34. The standard InChI is InChI=1S/C20H27NO2/c1-16-14-21(15-17(2)23-16)11-5-6-12-22-20-10-9-18-7-3-4-8-19(18)13-20/h3-4,7-10,13,16-17H,5-6,11-12,14-15H2,1-2H3/t16-,17-/m1/s1. The largest absolute Gasteiger partial charge is 0.494 e. The molecular formula is C20H27NO2. The Hall–Kier alpha value is -1.58. The fourth-order valence-electron chi connectivity index (χ4n) is 3.35. The molecule has 0 radical (unpaired) electrons. The Balaban J connectivity index is 1.39. The van der Waals surface area contributed by atoms with E-state index >= 15 is 0 Å². The van der Waals surface area contributed by atoms with Gasteiger partial charge in [-0.1, -0.05) is 30.3 Å². The molecule has 0 aromatic heterocycles. The second-order valence-corrected chi connectivity index (χ2v) is 6.58. The molecule has 0 saturated carbocycles. The predicted octanol–water partition coefficient (Wildman–Crippen LogP) is 4.11. The molecule has 0 amide bonds. The molecule has 3 nitrogen and oxygen atoms in total. The highest BCUT2D eigenvalue weighted by atomic mass is 16.5. The van der Waals surface area contributed by atoms with E-state index in [0.29, 0.717) is 12.2 Å². The first-order chi connectivity index (χ1) is 11.2. The average Bonchev–Trinajstić information content (AvgIpc) is 2.53. The molecule has 124 valence electrons. The maximum Gasteiger partial charge on any atom is 0.119 e. The normalized spacial score (nSPS) is 22.3. The molecule has 0 spiro atoms. The number of unbranched alkanes of at least 4 members (excludes halogenated alkanes) is 1. The highest BCUT2D eigenvalue weighted by molar-refractivity contribution is 5.83. The summed E-state index contributed by atoms with van der Waals surface area (Å²) in [7, 11) is 0. The van der Waals surface area contributed by atoms with Crippen LogP contribution in [-0.2, 0) is 4.74 Å². The Morgan fingerprint density at radius 2 is 1.74 bits per heavy atom. The number of morpholine rings is 1. The van der Waals surface area contributed by atoms with E-state index in [-0.39, 0.29) is 0 Å². The van der Waals surface area contributed by atoms with Crippen LogP contribution in [0, 0.1) is 0 Å². The number of hydrogen-bond donors (Lipinski definition) is 0. The maximum absolute atomic E-state index is 5.90. The third kappa shape index (κ3) is 4.69. The van der Waals surface area contributed by atoms with Crippen molar-refractivity contribution >= 4 is 10.8 Å². The monoisotopic (exact) mass is 313 g/mol. The van der Waals surface area contributed by atoms with Gasteiger partial charge < -0.3 is 9.47 Å². The zero-order valence-electron chi connectivity index (χ0n) is 14.2. The van der Waals surface area contributed by atoms with Gasteiger partial charge in [-0.2, -0.15) is 0 Å². The Morgan fingerprint density at radius 3 is 2.52 bits per heavy atom. The van der Waals surface area contributed by atoms with E-state index in [9.17, 15) is 0 Å². The first-order valence-electron chi connectivity index (χ1n) is 8.70. The van der Waals surface area contributed by atoms with Crippen LogP contribution >= 0.6 is 0 Å². The van der Waals surface area contributed by atoms with E-state index in [4.69, 9.17) is 9.47 Å². The highest BCUT2D eigenvalue weighted by Gasteiger charge is 2.21. The van der Waals surface area contributed by atoms with Crippen LogP contribution in [0.25, 0.3) is 10.8 Å². The summed E-state index contributed by atoms with van der Waals surface area (Å²) in [5, 5.41) is 2.50. The number of ether oxygens (including phenoxy) is 2. The van der Waals surface area contributed by atoms with Crippen LogP contribution in [0.2, 0.25) is 0 Å². The Labute approximate surface area is 139 Å². The molecule has 1 fully saturated rings. The van der Waals surface area contributed by atoms with Gasteiger partial charge in [0.25, 0.3) is 0 Å². The molecule has 1 aliphatic heterocycles. The molecule has 0 N–H and O–H groups in total. The molecule has 1 aliphatic rings. The number of hydrogen-bond acceptors (Lipinski definition) is 3. The molecule has 0 bridgehead atoms. The van der Waals surface area contributed by atoms with Crippen LogP contribution in [-0.4, -0.2) is 43.3 Å². The van der Waals surface area contributed by atoms with Gasteiger partial charge >= 0.3 is 0 Å². The second kappa shape index (κ2) is 7.80. The Kier molecular flexibility index (Phi) is 5.52. The lowest BCUT2D eigenvalue weighted by Crippen LogP contribution is -2.45. The van der Waals surface area contributed by atoms with Crippen LogP contribution in [0.3, 0.4) is 0 Å². The van der Waals surface area contributed by atoms with Gasteiger partial charge in [-0.15, -0.1) is 0 Å². The van der Waals surface area contributed by atoms with E-state index in [0.717, 1.165) is 38.4 Å². The topological polar surface area (TPSA) is 21.7 Å². The smallest absolute Gasteiger partial charge is 0.119 e. The molecule has 1 saturated heterocycles. The molecule has 3 heteroatoms. The van der Waals surface area contributed by atoms with Gasteiger partial charge in [-0.25, -0.2) is 0 Å². The van der Waals surface area contributed by atoms with Crippen molar-refractivity contribution in [1.29, 1.82) is 0 Å². The number of fused-ring (bicyclic) bond motifs is 1. The molecule has 1 heterocycles. The summed E-state index contributed by atoms with van der Waals surface area (Å²) in [6.07, 6.45) is 2.97. The number of nitrogens with zero attached hydrogens (tertiary/aromatic N) is 1. The Morgan fingerprint density at radius 1 is 1.00 bits per heavy atom. The van der Waals surface area contributed by atoms with Crippen LogP contribution in [0.5, 0.6) is 5.75 Å². The van der Waals surface area contributed by atoms with E-state index in [1.807, 2.05) is 0 Å². The van der Waals surface area contributed by atoms with Crippen LogP contribution in [0.4, 0.5) is 0 Å². The van der Waals surface area contributed by atoms with Gasteiger partial charge in [0.05, 0.1) is 18.8 Å². The Bertz CT molecular complexity index is 618. The van der Waals surface area contributed by atoms with Gasteiger partial charge in [0.2, 0.25) is 0 Å². The van der Waals surface area contributed by atoms with Crippen LogP contribution in [0.1, 0.15) is 26.7 Å². The first kappa shape index (κ1) is 16.3. The van der Waals surface area contributed by atoms with Crippen molar-refractivity contribution in [1.82, 2.24) is 4.90 Å². The fourth-order valence-corrected chi connectivity index (χ4v) is 3.35. The summed E-state index contributed by atoms with van der Waals surface area (Å²) in [4.78, 5) is 2.51. The summed E-state index contributed by atoms with van der Waals surface area (Å²) < 4.78 is 11.7. The molecular weight excluding hydrogens is 286 g/mol. The van der Waals surface area contributed by atoms with Gasteiger partial charge in [-0.3, -0.25) is 4.90 Å². The molecule has 2 aromatic rings. The van der Waals surface area contributed by atoms with Gasteiger partial charge in [0.15, 0.2) is 0 Å². The minimum atomic E-state index is 0.354. The van der Waals surface area contributed by atoms with Crippen molar-refractivity contribution < 1.29 is 9.47 Å². The molecule has 23 heavy (non-hydrogen) atoms. The average molecular weight is 313 g/mol. The maximum atomic E-state index is 5.90. The van der Waals surface area contributed by atoms with Crippen LogP contribution < -0.4 is 4.74 Å². The van der Waals surface area contributed by atoms with Crippen molar-refractivity contribution in [2.75, 3.05) is 26.2 Å². The predicted molar refractivity (Wildman–Crippen MR) is 95.1 cm³/mol. The van der Waals surface area contributed by atoms with E-state index in [1.54, 1.807) is 0 Å². The summed E-state index contributed by atoms with van der Waals surface area (Å²) >= 11 is 0. The summed E-state index contributed by atoms with van der Waals surface area (Å²) in [5.41, 5.74) is 0. The molecule has 0 unspecified atom stereocenters. The van der Waals surface area contributed by atoms with E-state index < -0.39 is 0 Å². The van der Waals surface area contributed by atoms with Crippen molar-refractivity contribution in [3.05, 3.63) is 42.5 Å². The lowest BCUT2D eigenvalue weighted by molar-refractivity contribution is -0.0682. The van der Waals surface area contributed by atoms with Crippen molar-refractivity contribution in [2.24, 2.45) is 0 Å². The molecule has 2 aromatic carbocycles. The molecule has 0 aliphatic carbocycles. The minimum Gasteiger partial charge on any atom is -0.494 e. The summed E-state index contributed by atoms with van der Waals surface area (Å²) in [5.74, 6) is 0.970. The number of benzene rings is 2. The van der Waals surface area contributed by atoms with E-state index in [1.165, 1.54) is 17.2 Å². The third-order valence-corrected chi connectivity index (χ3v) is 4.35. The van der Waals surface area contributed by atoms with Crippen molar-refractivity contribution in [2.45, 2.75) is 38.9 Å². The zero-order chi connectivity index (χ0) is 16.1. The lowest BCUT2D eigenvalue weighted by Gasteiger charge is -2.35. The SMILES string of the molecule is C[C@@H]1CN(CCCCOc2ccc3ccccc3c2)C[C@@H](C)O1. The number of rotatable bonds is 6. The molecule has 2 atom stereocenters. The summed E-state index contributed by atoms with van der Waals surface area (Å²) in [6, 6.07) is 14.7. The zero-order valence-corrected chi connectivity index (χ0v) is 14.2. The van der Waals surface area contributed by atoms with Gasteiger partial charge in [0, 0.05) is 13.1 Å².